The first-order valence-electron chi connectivity index (χ1n) is 29.9. The van der Waals surface area contributed by atoms with E-state index in [1.54, 1.807) is 0 Å². The molecule has 5 nitrogen and oxygen atoms in total. The van der Waals surface area contributed by atoms with Gasteiger partial charge >= 0.3 is 0 Å². The van der Waals surface area contributed by atoms with Gasteiger partial charge in [-0.1, -0.05) is 173 Å². The molecule has 0 N–H and O–H groups in total. The molecule has 0 aliphatic carbocycles. The smallest absolute Gasteiger partial charge is 0.135 e. The first-order chi connectivity index (χ1) is 39.5. The van der Waals surface area contributed by atoms with Gasteiger partial charge in [-0.3, -0.25) is 0 Å². The van der Waals surface area contributed by atoms with E-state index in [4.69, 9.17) is 13.8 Å². The second kappa shape index (κ2) is 19.9. The van der Waals surface area contributed by atoms with E-state index in [1.807, 2.05) is 42.7 Å². The molecule has 0 saturated carbocycles. The molecule has 1 aliphatic heterocycles. The van der Waals surface area contributed by atoms with Gasteiger partial charge in [-0.05, 0) is 129 Å². The number of pyridine rings is 1. The number of fused-ring (bicyclic) bond motifs is 8. The number of hydrogen-bond donors (Lipinski definition) is 0. The SMILES string of the molecule is [2H]c1c([2H])c([2H])c(-c2c(C)c(C)c(C)c(-c3cc(C(C)(C)C)cc(C(C)(C)C)c3)c2N2[CH-]N(c3[c-]c(Oc4[c-]c5c(cc4)c4c6sc7ccccc7c6ccc4n5-c4cc(C(C)(C)C)ccn4)cc(C(C)(C)C)c3)c3ccccc32)c([2H])c1[2H].[Pt]. The quantitative estimate of drug-likeness (QED) is 0.149. The number of nitrogens with zero attached hydrogens (tertiary/aromatic N) is 4. The summed E-state index contributed by atoms with van der Waals surface area (Å²) in [6.07, 6.45) is 1.90. The average molecular weight is 1250 g/mol. The second-order valence-electron chi connectivity index (χ2n) is 25.6. The van der Waals surface area contributed by atoms with E-state index in [1.165, 1.54) is 36.9 Å². The van der Waals surface area contributed by atoms with Crippen LogP contribution in [0.4, 0.5) is 22.7 Å². The van der Waals surface area contributed by atoms with Crippen molar-refractivity contribution >= 4 is 76.1 Å². The summed E-state index contributed by atoms with van der Waals surface area (Å²) in [7, 11) is 0. The number of anilines is 4. The first kappa shape index (κ1) is 48.9. The molecule has 0 atom stereocenters. The minimum atomic E-state index is -0.433. The van der Waals surface area contributed by atoms with E-state index in [-0.39, 0.29) is 72.5 Å². The van der Waals surface area contributed by atoms with Crippen LogP contribution in [0.1, 0.15) is 129 Å². The molecule has 7 heteroatoms. The van der Waals surface area contributed by atoms with Crippen molar-refractivity contribution in [2.45, 2.75) is 126 Å². The summed E-state index contributed by atoms with van der Waals surface area (Å²) in [5.41, 5.74) is 14.2. The van der Waals surface area contributed by atoms with Crippen molar-refractivity contribution in [2.75, 3.05) is 9.80 Å². The zero-order valence-electron chi connectivity index (χ0n) is 53.5. The van der Waals surface area contributed by atoms with Gasteiger partial charge in [-0.2, -0.15) is 6.07 Å². The molecule has 11 aromatic rings. The van der Waals surface area contributed by atoms with Crippen molar-refractivity contribution in [3.05, 3.63) is 209 Å². The fraction of sp³-hybridized carbons (Fsp3) is 0.260. The Morgan fingerprint density at radius 2 is 1.15 bits per heavy atom. The molecule has 8 aromatic carbocycles. The van der Waals surface area contributed by atoms with E-state index < -0.39 is 6.04 Å². The third-order valence-corrected chi connectivity index (χ3v) is 17.3. The summed E-state index contributed by atoms with van der Waals surface area (Å²) in [4.78, 5) is 9.32. The minimum absolute atomic E-state index is 0. The maximum Gasteiger partial charge on any atom is 0.135 e. The Kier molecular flexibility index (Phi) is 12.2. The molecular formula is C73H71N4OPtS-3. The van der Waals surface area contributed by atoms with Crippen molar-refractivity contribution < 1.29 is 32.7 Å². The van der Waals surface area contributed by atoms with Gasteiger partial charge in [0.25, 0.3) is 0 Å². The van der Waals surface area contributed by atoms with Crippen LogP contribution in [-0.2, 0) is 42.7 Å². The summed E-state index contributed by atoms with van der Waals surface area (Å²) in [5, 5.41) is 4.66. The topological polar surface area (TPSA) is 33.5 Å². The summed E-state index contributed by atoms with van der Waals surface area (Å²) in [5.74, 6) is 1.84. The monoisotopic (exact) mass is 1250 g/mol. The van der Waals surface area contributed by atoms with Crippen LogP contribution < -0.4 is 14.5 Å². The Morgan fingerprint density at radius 1 is 0.550 bits per heavy atom. The van der Waals surface area contributed by atoms with E-state index in [2.05, 4.69) is 227 Å². The Morgan fingerprint density at radius 3 is 1.81 bits per heavy atom. The molecular weight excluding hydrogens is 1180 g/mol. The Labute approximate surface area is 499 Å². The van der Waals surface area contributed by atoms with Gasteiger partial charge in [0.1, 0.15) is 5.82 Å². The Bertz CT molecular complexity index is 4490. The molecule has 1 aliphatic rings. The summed E-state index contributed by atoms with van der Waals surface area (Å²) >= 11 is 1.81. The molecule has 0 saturated heterocycles. The number of benzene rings is 8. The van der Waals surface area contributed by atoms with Crippen LogP contribution >= 0.6 is 11.3 Å². The number of rotatable bonds is 7. The van der Waals surface area contributed by atoms with Gasteiger partial charge in [-0.15, -0.1) is 65.0 Å². The molecule has 0 amide bonds. The summed E-state index contributed by atoms with van der Waals surface area (Å²) < 4.78 is 57.6. The fourth-order valence-corrected chi connectivity index (χ4v) is 12.5. The van der Waals surface area contributed by atoms with Crippen LogP contribution in [0.25, 0.3) is 70.0 Å². The molecule has 0 bridgehead atoms. The standard InChI is InChI=1S/C73H71N4OS.Pt/c1-44-45(2)65(47-23-17-16-18-24-47)68(66(46(44)3)48-35-50(71(7,8)9)37-51(36-48)72(10,11)12)76-43-75(59-26-20-21-27-60(59)76)53-38-52(73(13,14)15)39-55(41-53)78-54-29-30-58-62(42-54)77(64-40-49(33-34-74-64)70(4,5)6)61-32-31-57-56-25-19-22-28-63(56)79-69(57)67(58)61;/h16-40,43H,1-15H3;/q-3;/i16D,17D,18D,23D,24D;. The Balaban J connectivity index is 0.00000752. The normalized spacial score (nSPS) is 14.1. The van der Waals surface area contributed by atoms with Crippen molar-refractivity contribution in [1.82, 2.24) is 9.55 Å². The number of aromatic nitrogens is 2. The van der Waals surface area contributed by atoms with E-state index >= 15 is 0 Å². The zero-order chi connectivity index (χ0) is 60.0. The largest absolute Gasteiger partial charge is 0.509 e. The predicted octanol–water partition coefficient (Wildman–Crippen LogP) is 20.8. The Hall–Kier alpha value is -6.98. The maximum atomic E-state index is 9.56. The van der Waals surface area contributed by atoms with Gasteiger partial charge in [0.15, 0.2) is 0 Å². The first-order valence-corrected chi connectivity index (χ1v) is 28.3. The molecule has 0 fully saturated rings. The zero-order valence-corrected chi connectivity index (χ0v) is 51.6. The molecule has 0 spiro atoms. The van der Waals surface area contributed by atoms with Crippen LogP contribution in [0.3, 0.4) is 0 Å². The molecule has 0 radical (unpaired) electrons. The van der Waals surface area contributed by atoms with E-state index in [9.17, 15) is 2.74 Å². The third-order valence-electron chi connectivity index (χ3n) is 16.1. The molecule has 80 heavy (non-hydrogen) atoms. The number of para-hydroxylation sites is 2. The molecule has 12 rings (SSSR count). The van der Waals surface area contributed by atoms with E-state index in [0.717, 1.165) is 78.1 Å². The number of hydrogen-bond acceptors (Lipinski definition) is 5. The predicted molar refractivity (Wildman–Crippen MR) is 337 cm³/mol. The fourth-order valence-electron chi connectivity index (χ4n) is 11.3. The third kappa shape index (κ3) is 9.54. The van der Waals surface area contributed by atoms with Crippen LogP contribution in [0.5, 0.6) is 11.5 Å². The van der Waals surface area contributed by atoms with Gasteiger partial charge < -0.3 is 19.1 Å². The molecule has 3 aromatic heterocycles. The van der Waals surface area contributed by atoms with Gasteiger partial charge in [0.2, 0.25) is 0 Å². The van der Waals surface area contributed by atoms with Crippen molar-refractivity contribution in [3.8, 4) is 39.6 Å². The van der Waals surface area contributed by atoms with E-state index in [0.29, 0.717) is 22.7 Å². The molecule has 4 heterocycles. The number of ether oxygens (including phenoxy) is 1. The molecule has 408 valence electrons. The van der Waals surface area contributed by atoms with Gasteiger partial charge in [0, 0.05) is 92.6 Å². The van der Waals surface area contributed by atoms with Crippen molar-refractivity contribution in [3.63, 3.8) is 0 Å². The van der Waals surface area contributed by atoms with Crippen LogP contribution in [-0.4, -0.2) is 9.55 Å². The van der Waals surface area contributed by atoms with Gasteiger partial charge in [0.05, 0.1) is 6.85 Å². The second-order valence-corrected chi connectivity index (χ2v) is 26.6. The summed E-state index contributed by atoms with van der Waals surface area (Å²) in [6, 6.07) is 46.7. The van der Waals surface area contributed by atoms with Crippen molar-refractivity contribution in [2.24, 2.45) is 0 Å². The minimum Gasteiger partial charge on any atom is -0.509 e. The van der Waals surface area contributed by atoms with Gasteiger partial charge in [-0.25, -0.2) is 4.98 Å². The molecule has 0 unspecified atom stereocenters. The maximum absolute atomic E-state index is 9.56. The van der Waals surface area contributed by atoms with Crippen LogP contribution in [0.15, 0.2) is 152 Å². The summed E-state index contributed by atoms with van der Waals surface area (Å²) in [6.45, 7) is 35.0. The van der Waals surface area contributed by atoms with Crippen molar-refractivity contribution in [1.29, 1.82) is 0 Å². The van der Waals surface area contributed by atoms with Crippen LogP contribution in [0.2, 0.25) is 0 Å². The average Bonchev–Trinajstić information content (AvgIpc) is 1.73. The number of thiophene rings is 1. The van der Waals surface area contributed by atoms with Crippen LogP contribution in [0, 0.1) is 39.6 Å².